The number of anilines is 1. The molecule has 0 spiro atoms. The van der Waals surface area contributed by atoms with E-state index in [-0.39, 0.29) is 16.9 Å². The van der Waals surface area contributed by atoms with Crippen molar-refractivity contribution in [2.24, 2.45) is 0 Å². The first-order valence-electron chi connectivity index (χ1n) is 5.72. The number of hydrogen-bond acceptors (Lipinski definition) is 5. The summed E-state index contributed by atoms with van der Waals surface area (Å²) in [5.74, 6) is -0.486. The summed E-state index contributed by atoms with van der Waals surface area (Å²) in [6.45, 7) is 0. The summed E-state index contributed by atoms with van der Waals surface area (Å²) in [7, 11) is -3.77. The van der Waals surface area contributed by atoms with Crippen molar-refractivity contribution < 1.29 is 13.3 Å². The van der Waals surface area contributed by atoms with Crippen LogP contribution in [0.2, 0.25) is 0 Å². The highest BCUT2D eigenvalue weighted by Crippen LogP contribution is 2.21. The van der Waals surface area contributed by atoms with Gasteiger partial charge in [-0.3, -0.25) is 14.8 Å². The van der Waals surface area contributed by atoms with E-state index in [1.807, 2.05) is 0 Å². The number of hydrogen-bond donors (Lipinski definition) is 1. The van der Waals surface area contributed by atoms with Crippen LogP contribution in [-0.4, -0.2) is 18.3 Å². The van der Waals surface area contributed by atoms with E-state index >= 15 is 0 Å². The Kier molecular flexibility index (Phi) is 4.53. The summed E-state index contributed by atoms with van der Waals surface area (Å²) in [6.07, 6.45) is 1.35. The Balaban J connectivity index is 2.22. The number of halogens is 1. The second kappa shape index (κ2) is 6.19. The molecule has 1 N–H and O–H groups in total. The van der Waals surface area contributed by atoms with Crippen molar-refractivity contribution in [3.63, 3.8) is 0 Å². The van der Waals surface area contributed by atoms with Gasteiger partial charge in [0.1, 0.15) is 10.4 Å². The lowest BCUT2D eigenvalue weighted by Gasteiger charge is -2.08. The Morgan fingerprint density at radius 2 is 1.95 bits per heavy atom. The molecule has 21 heavy (non-hydrogen) atoms. The van der Waals surface area contributed by atoms with Gasteiger partial charge in [0.15, 0.2) is 0 Å². The molecule has 7 nitrogen and oxygen atoms in total. The molecule has 0 fully saturated rings. The normalized spacial score (nSPS) is 11.1. The first-order chi connectivity index (χ1) is 9.87. The fourth-order valence-electron chi connectivity index (χ4n) is 1.67. The van der Waals surface area contributed by atoms with E-state index in [2.05, 4.69) is 25.6 Å². The zero-order valence-electron chi connectivity index (χ0n) is 10.6. The lowest BCUT2D eigenvalue weighted by Crippen LogP contribution is -2.16. The van der Waals surface area contributed by atoms with Gasteiger partial charge in [0.05, 0.1) is 16.8 Å². The van der Waals surface area contributed by atoms with Gasteiger partial charge in [-0.2, -0.15) is 0 Å². The minimum Gasteiger partial charge on any atom is -0.282 e. The number of pyridine rings is 1. The zero-order valence-corrected chi connectivity index (χ0v) is 13.0. The molecule has 0 radical (unpaired) electrons. The first kappa shape index (κ1) is 15.4. The van der Waals surface area contributed by atoms with Gasteiger partial charge >= 0.3 is 0 Å². The summed E-state index contributed by atoms with van der Waals surface area (Å²) in [5, 5.41) is 10.9. The molecule has 0 aliphatic carbocycles. The fraction of sp³-hybridized carbons (Fsp3) is 0.0833. The molecular weight excluding hydrogens is 362 g/mol. The zero-order chi connectivity index (χ0) is 15.5. The van der Waals surface area contributed by atoms with Crippen LogP contribution in [0.5, 0.6) is 0 Å². The molecule has 110 valence electrons. The predicted molar refractivity (Wildman–Crippen MR) is 81.3 cm³/mol. The SMILES string of the molecule is O=[N+]([O-])c1ccccc1CS(=O)(=O)Nc1ccc(Br)nc1. The maximum atomic E-state index is 12.1. The van der Waals surface area contributed by atoms with Gasteiger partial charge in [-0.05, 0) is 28.1 Å². The highest BCUT2D eigenvalue weighted by atomic mass is 79.9. The summed E-state index contributed by atoms with van der Waals surface area (Å²) in [4.78, 5) is 14.2. The Morgan fingerprint density at radius 3 is 2.57 bits per heavy atom. The topological polar surface area (TPSA) is 102 Å². The number of sulfonamides is 1. The monoisotopic (exact) mass is 371 g/mol. The van der Waals surface area contributed by atoms with Gasteiger partial charge in [-0.1, -0.05) is 18.2 Å². The highest BCUT2D eigenvalue weighted by molar-refractivity contribution is 9.10. The van der Waals surface area contributed by atoms with E-state index in [4.69, 9.17) is 0 Å². The molecule has 2 aromatic rings. The molecule has 0 bridgehead atoms. The summed E-state index contributed by atoms with van der Waals surface area (Å²) >= 11 is 3.14. The number of nitrogens with one attached hydrogen (secondary N) is 1. The van der Waals surface area contributed by atoms with Crippen LogP contribution in [-0.2, 0) is 15.8 Å². The summed E-state index contributed by atoms with van der Waals surface area (Å²) in [5.41, 5.74) is 0.189. The van der Waals surface area contributed by atoms with Crippen LogP contribution in [0, 0.1) is 10.1 Å². The minimum absolute atomic E-state index is 0.125. The number of benzene rings is 1. The quantitative estimate of drug-likeness (QED) is 0.494. The maximum absolute atomic E-state index is 12.1. The van der Waals surface area contributed by atoms with E-state index in [9.17, 15) is 18.5 Å². The lowest BCUT2D eigenvalue weighted by molar-refractivity contribution is -0.385. The second-order valence-electron chi connectivity index (χ2n) is 4.12. The molecule has 0 aliphatic rings. The maximum Gasteiger partial charge on any atom is 0.273 e. The van der Waals surface area contributed by atoms with E-state index in [1.54, 1.807) is 12.1 Å². The number of nitrogens with zero attached hydrogens (tertiary/aromatic N) is 2. The number of rotatable bonds is 5. The lowest BCUT2D eigenvalue weighted by atomic mass is 10.2. The van der Waals surface area contributed by atoms with Crippen molar-refractivity contribution in [2.45, 2.75) is 5.75 Å². The molecule has 2 rings (SSSR count). The molecule has 0 saturated carbocycles. The minimum atomic E-state index is -3.77. The second-order valence-corrected chi connectivity index (χ2v) is 6.65. The molecule has 0 atom stereocenters. The third kappa shape index (κ3) is 4.23. The van der Waals surface area contributed by atoms with Crippen molar-refractivity contribution in [1.82, 2.24) is 4.98 Å². The van der Waals surface area contributed by atoms with Crippen LogP contribution in [0.4, 0.5) is 11.4 Å². The van der Waals surface area contributed by atoms with Gasteiger partial charge in [-0.15, -0.1) is 0 Å². The van der Waals surface area contributed by atoms with Gasteiger partial charge < -0.3 is 0 Å². The first-order valence-corrected chi connectivity index (χ1v) is 8.16. The highest BCUT2D eigenvalue weighted by Gasteiger charge is 2.19. The Morgan fingerprint density at radius 1 is 1.24 bits per heavy atom. The Hall–Kier alpha value is -2.00. The molecule has 0 unspecified atom stereocenters. The van der Waals surface area contributed by atoms with Crippen molar-refractivity contribution >= 4 is 37.3 Å². The van der Waals surface area contributed by atoms with Crippen LogP contribution in [0.25, 0.3) is 0 Å². The van der Waals surface area contributed by atoms with Gasteiger partial charge in [0.2, 0.25) is 10.0 Å². The molecular formula is C12H10BrN3O4S. The molecule has 0 amide bonds. The largest absolute Gasteiger partial charge is 0.282 e. The average molecular weight is 372 g/mol. The van der Waals surface area contributed by atoms with Crippen molar-refractivity contribution in [3.05, 3.63) is 62.9 Å². The Labute approximate surface area is 129 Å². The molecule has 0 aliphatic heterocycles. The van der Waals surface area contributed by atoms with Crippen LogP contribution in [0.15, 0.2) is 47.2 Å². The number of aromatic nitrogens is 1. The third-order valence-electron chi connectivity index (χ3n) is 2.53. The number of nitro benzene ring substituents is 1. The van der Waals surface area contributed by atoms with Crippen LogP contribution >= 0.6 is 15.9 Å². The molecule has 0 saturated heterocycles. The van der Waals surface area contributed by atoms with Crippen LogP contribution < -0.4 is 4.72 Å². The van der Waals surface area contributed by atoms with Gasteiger partial charge in [0, 0.05) is 11.6 Å². The summed E-state index contributed by atoms with van der Waals surface area (Å²) in [6, 6.07) is 8.85. The Bertz CT molecular complexity index is 762. The summed E-state index contributed by atoms with van der Waals surface area (Å²) < 4.78 is 27.0. The molecule has 1 heterocycles. The average Bonchev–Trinajstić information content (AvgIpc) is 2.41. The standard InChI is InChI=1S/C12H10BrN3O4S/c13-12-6-5-10(7-14-12)15-21(19,20)8-9-3-1-2-4-11(9)16(17)18/h1-7,15H,8H2. The smallest absolute Gasteiger partial charge is 0.273 e. The van der Waals surface area contributed by atoms with Gasteiger partial charge in [0.25, 0.3) is 5.69 Å². The number of nitro groups is 1. The fourth-order valence-corrected chi connectivity index (χ4v) is 3.11. The molecule has 1 aromatic heterocycles. The molecule has 1 aromatic carbocycles. The van der Waals surface area contributed by atoms with Crippen molar-refractivity contribution in [2.75, 3.05) is 4.72 Å². The third-order valence-corrected chi connectivity index (χ3v) is 4.24. The van der Waals surface area contributed by atoms with E-state index in [0.29, 0.717) is 4.60 Å². The van der Waals surface area contributed by atoms with Crippen molar-refractivity contribution in [1.29, 1.82) is 0 Å². The van der Waals surface area contributed by atoms with E-state index in [0.717, 1.165) is 0 Å². The number of para-hydroxylation sites is 1. The van der Waals surface area contributed by atoms with Crippen LogP contribution in [0.3, 0.4) is 0 Å². The van der Waals surface area contributed by atoms with Crippen LogP contribution in [0.1, 0.15) is 5.56 Å². The predicted octanol–water partition coefficient (Wildman–Crippen LogP) is 2.69. The molecule has 9 heteroatoms. The van der Waals surface area contributed by atoms with E-state index < -0.39 is 20.7 Å². The van der Waals surface area contributed by atoms with E-state index in [1.165, 1.54) is 30.5 Å². The van der Waals surface area contributed by atoms with Gasteiger partial charge in [-0.25, -0.2) is 13.4 Å². The van der Waals surface area contributed by atoms with Crippen molar-refractivity contribution in [3.8, 4) is 0 Å².